The second kappa shape index (κ2) is 4.35. The van der Waals surface area contributed by atoms with Crippen LogP contribution in [0.4, 0.5) is 0 Å². The van der Waals surface area contributed by atoms with Crippen LogP contribution in [0.15, 0.2) is 28.4 Å². The minimum Gasteiger partial charge on any atom is -0.269 e. The van der Waals surface area contributed by atoms with Crippen molar-refractivity contribution >= 4 is 17.8 Å². The van der Waals surface area contributed by atoms with E-state index in [0.29, 0.717) is 5.88 Å². The highest BCUT2D eigenvalue weighted by Gasteiger charge is 2.01. The molecule has 0 unspecified atom stereocenters. The van der Waals surface area contributed by atoms with Gasteiger partial charge >= 0.3 is 0 Å². The van der Waals surface area contributed by atoms with Crippen LogP contribution in [0, 0.1) is 0 Å². The highest BCUT2D eigenvalue weighted by atomic mass is 35.5. The van der Waals surface area contributed by atoms with Gasteiger partial charge in [-0.3, -0.25) is 4.99 Å². The molecule has 0 N–H and O–H groups in total. The van der Waals surface area contributed by atoms with Gasteiger partial charge in [-0.05, 0) is 18.1 Å². The third kappa shape index (κ3) is 2.19. The van der Waals surface area contributed by atoms with E-state index in [1.807, 2.05) is 12.3 Å². The Hall–Kier alpha value is -0.560. The second-order valence-electron chi connectivity index (χ2n) is 2.47. The smallest absolute Gasteiger partial charge is 0.0474 e. The van der Waals surface area contributed by atoms with Crippen LogP contribution in [0.5, 0.6) is 0 Å². The molecule has 1 nitrogen and oxygen atoms in total. The molecule has 1 aliphatic heterocycles. The van der Waals surface area contributed by atoms with Crippen LogP contribution < -0.4 is 0 Å². The van der Waals surface area contributed by atoms with Gasteiger partial charge in [0, 0.05) is 24.7 Å². The Morgan fingerprint density at radius 3 is 3.09 bits per heavy atom. The average molecular weight is 170 g/mol. The number of nitrogens with zero attached hydrogens (tertiary/aromatic N) is 1. The molecule has 60 valence electrons. The fourth-order valence-electron chi connectivity index (χ4n) is 1.12. The first-order valence-electron chi connectivity index (χ1n) is 3.83. The van der Waals surface area contributed by atoms with E-state index in [0.717, 1.165) is 12.8 Å². The lowest BCUT2D eigenvalue weighted by Gasteiger charge is -2.03. The van der Waals surface area contributed by atoms with E-state index in [1.165, 1.54) is 11.1 Å². The van der Waals surface area contributed by atoms with Crippen LogP contribution >= 0.6 is 11.6 Å². The first-order chi connectivity index (χ1) is 5.38. The Morgan fingerprint density at radius 1 is 1.64 bits per heavy atom. The molecule has 0 bridgehead atoms. The molecular weight excluding hydrogens is 158 g/mol. The number of halogens is 1. The molecule has 0 fully saturated rings. The number of hydrogen-bond donors (Lipinski definition) is 0. The summed E-state index contributed by atoms with van der Waals surface area (Å²) in [7, 11) is 0. The molecule has 1 heterocycles. The maximum atomic E-state index is 5.76. The summed E-state index contributed by atoms with van der Waals surface area (Å²) in [6, 6.07) is 0. The van der Waals surface area contributed by atoms with E-state index >= 15 is 0 Å². The number of hydrogen-bond acceptors (Lipinski definition) is 1. The number of alkyl halides is 1. The summed E-state index contributed by atoms with van der Waals surface area (Å²) in [6.07, 6.45) is 7.74. The number of rotatable bonds is 2. The van der Waals surface area contributed by atoms with Crippen molar-refractivity contribution < 1.29 is 0 Å². The molecule has 0 amide bonds. The predicted molar refractivity (Wildman–Crippen MR) is 50.3 cm³/mol. The zero-order valence-electron chi connectivity index (χ0n) is 6.68. The molecule has 0 aromatic rings. The average Bonchev–Trinajstić information content (AvgIpc) is 2.27. The van der Waals surface area contributed by atoms with Crippen molar-refractivity contribution in [3.63, 3.8) is 0 Å². The molecule has 0 spiro atoms. The van der Waals surface area contributed by atoms with Gasteiger partial charge in [0.2, 0.25) is 0 Å². The molecular formula is C9H12ClN. The molecule has 0 aliphatic carbocycles. The Kier molecular flexibility index (Phi) is 3.37. The predicted octanol–water partition coefficient (Wildman–Crippen LogP) is 2.92. The van der Waals surface area contributed by atoms with Crippen LogP contribution in [-0.2, 0) is 0 Å². The first-order valence-corrected chi connectivity index (χ1v) is 4.37. The van der Waals surface area contributed by atoms with Crippen molar-refractivity contribution in [3.8, 4) is 0 Å². The zero-order chi connectivity index (χ0) is 8.10. The summed E-state index contributed by atoms with van der Waals surface area (Å²) in [5.41, 5.74) is 2.63. The van der Waals surface area contributed by atoms with Gasteiger partial charge in [-0.2, -0.15) is 0 Å². The molecule has 0 radical (unpaired) electrons. The Balaban J connectivity index is 2.85. The summed E-state index contributed by atoms with van der Waals surface area (Å²) in [5, 5.41) is 0. The summed E-state index contributed by atoms with van der Waals surface area (Å²) < 4.78 is 0. The molecule has 2 heteroatoms. The Morgan fingerprint density at radius 2 is 2.45 bits per heavy atom. The molecule has 0 saturated carbocycles. The van der Waals surface area contributed by atoms with Crippen molar-refractivity contribution in [2.75, 3.05) is 5.88 Å². The maximum Gasteiger partial charge on any atom is 0.0474 e. The van der Waals surface area contributed by atoms with Crippen LogP contribution in [0.1, 0.15) is 19.8 Å². The SMILES string of the molecule is CCC1=C(CCl)C=CN=CC1. The van der Waals surface area contributed by atoms with E-state index in [9.17, 15) is 0 Å². The molecule has 0 atom stereocenters. The molecule has 1 aliphatic rings. The third-order valence-electron chi connectivity index (χ3n) is 1.83. The lowest BCUT2D eigenvalue weighted by Crippen LogP contribution is -1.89. The first kappa shape index (κ1) is 8.54. The van der Waals surface area contributed by atoms with Gasteiger partial charge in [0.1, 0.15) is 0 Å². The van der Waals surface area contributed by atoms with Gasteiger partial charge in [-0.25, -0.2) is 0 Å². The molecule has 0 saturated heterocycles. The lowest BCUT2D eigenvalue weighted by atomic mass is 10.0. The van der Waals surface area contributed by atoms with Crippen LogP contribution in [-0.4, -0.2) is 12.1 Å². The fraction of sp³-hybridized carbons (Fsp3) is 0.444. The molecule has 0 aromatic carbocycles. The van der Waals surface area contributed by atoms with Crippen molar-refractivity contribution in [3.05, 3.63) is 23.4 Å². The van der Waals surface area contributed by atoms with Gasteiger partial charge < -0.3 is 0 Å². The van der Waals surface area contributed by atoms with Crippen LogP contribution in [0.2, 0.25) is 0 Å². The van der Waals surface area contributed by atoms with Gasteiger partial charge in [0.15, 0.2) is 0 Å². The lowest BCUT2D eigenvalue weighted by molar-refractivity contribution is 1.04. The quantitative estimate of drug-likeness (QED) is 0.564. The zero-order valence-corrected chi connectivity index (χ0v) is 7.43. The number of aliphatic imine (C=N–C) groups is 1. The summed E-state index contributed by atoms with van der Waals surface area (Å²) in [6.45, 7) is 2.15. The molecule has 11 heavy (non-hydrogen) atoms. The van der Waals surface area contributed by atoms with E-state index in [4.69, 9.17) is 11.6 Å². The standard InChI is InChI=1S/C9H12ClN/c1-2-8-3-5-11-6-4-9(8)7-10/h4-6H,2-3,7H2,1H3. The minimum atomic E-state index is 0.600. The van der Waals surface area contributed by atoms with E-state index in [2.05, 4.69) is 11.9 Å². The number of allylic oxidation sites excluding steroid dienone is 3. The Labute approximate surface area is 72.5 Å². The largest absolute Gasteiger partial charge is 0.269 e. The van der Waals surface area contributed by atoms with Gasteiger partial charge in [-0.1, -0.05) is 12.5 Å². The summed E-state index contributed by atoms with van der Waals surface area (Å²) in [4.78, 5) is 4.06. The van der Waals surface area contributed by atoms with Crippen LogP contribution in [0.3, 0.4) is 0 Å². The normalized spacial score (nSPS) is 17.3. The highest BCUT2D eigenvalue weighted by molar-refractivity contribution is 6.19. The van der Waals surface area contributed by atoms with Crippen molar-refractivity contribution in [2.24, 2.45) is 4.99 Å². The van der Waals surface area contributed by atoms with Gasteiger partial charge in [-0.15, -0.1) is 11.6 Å². The highest BCUT2D eigenvalue weighted by Crippen LogP contribution is 2.16. The van der Waals surface area contributed by atoms with Crippen molar-refractivity contribution in [1.82, 2.24) is 0 Å². The van der Waals surface area contributed by atoms with E-state index in [1.54, 1.807) is 6.20 Å². The summed E-state index contributed by atoms with van der Waals surface area (Å²) >= 11 is 5.76. The fourth-order valence-corrected chi connectivity index (χ4v) is 1.39. The van der Waals surface area contributed by atoms with Gasteiger partial charge in [0.25, 0.3) is 0 Å². The van der Waals surface area contributed by atoms with E-state index < -0.39 is 0 Å². The van der Waals surface area contributed by atoms with Gasteiger partial charge in [0.05, 0.1) is 0 Å². The second-order valence-corrected chi connectivity index (χ2v) is 2.73. The monoisotopic (exact) mass is 169 g/mol. The third-order valence-corrected chi connectivity index (χ3v) is 2.12. The molecule has 0 aromatic heterocycles. The minimum absolute atomic E-state index is 0.600. The van der Waals surface area contributed by atoms with Crippen molar-refractivity contribution in [2.45, 2.75) is 19.8 Å². The van der Waals surface area contributed by atoms with E-state index in [-0.39, 0.29) is 0 Å². The maximum absolute atomic E-state index is 5.76. The Bertz CT molecular complexity index is 214. The van der Waals surface area contributed by atoms with Crippen molar-refractivity contribution in [1.29, 1.82) is 0 Å². The molecule has 1 rings (SSSR count). The van der Waals surface area contributed by atoms with Crippen LogP contribution in [0.25, 0.3) is 0 Å². The topological polar surface area (TPSA) is 12.4 Å². The summed E-state index contributed by atoms with van der Waals surface area (Å²) in [5.74, 6) is 0.600.